The van der Waals surface area contributed by atoms with Crippen molar-refractivity contribution >= 4 is 46.1 Å². The summed E-state index contributed by atoms with van der Waals surface area (Å²) in [5, 5.41) is 0. The van der Waals surface area contributed by atoms with Crippen molar-refractivity contribution in [1.29, 1.82) is 0 Å². The molecule has 0 N–H and O–H groups in total. The monoisotopic (exact) mass is 658 g/mol. The zero-order valence-corrected chi connectivity index (χ0v) is 24.8. The Hall–Kier alpha value is -5.09. The summed E-state index contributed by atoms with van der Waals surface area (Å²) in [5.74, 6) is -3.24. The molecule has 4 rings (SSSR count). The van der Waals surface area contributed by atoms with Gasteiger partial charge in [-0.3, -0.25) is 4.79 Å². The van der Waals surface area contributed by atoms with E-state index in [0.29, 0.717) is 0 Å². The quantitative estimate of drug-likeness (QED) is 0.0795. The molecule has 0 aliphatic rings. The van der Waals surface area contributed by atoms with Gasteiger partial charge in [-0.15, -0.1) is 0 Å². The Bertz CT molecular complexity index is 1550. The number of halogens is 1. The largest absolute Gasteiger partial charge is 0.461 e. The van der Waals surface area contributed by atoms with Crippen LogP contribution in [0.2, 0.25) is 0 Å². The molecular weight excluding hydrogens is 632 g/mol. The number of esters is 4. The number of ether oxygens (including phenoxy) is 4. The van der Waals surface area contributed by atoms with E-state index in [0.717, 1.165) is 0 Å². The highest BCUT2D eigenvalue weighted by atomic mass is 79.9. The first-order chi connectivity index (χ1) is 21.4. The van der Waals surface area contributed by atoms with Gasteiger partial charge in [0.25, 0.3) is 0 Å². The van der Waals surface area contributed by atoms with E-state index >= 15 is 0 Å². The second-order valence-electron chi connectivity index (χ2n) is 9.32. The maximum absolute atomic E-state index is 13.2. The normalized spacial score (nSPS) is 13.3. The van der Waals surface area contributed by atoms with Crippen molar-refractivity contribution in [3.8, 4) is 0 Å². The zero-order chi connectivity index (χ0) is 31.3. The molecule has 0 aliphatic carbocycles. The lowest BCUT2D eigenvalue weighted by Gasteiger charge is -2.32. The van der Waals surface area contributed by atoms with Crippen molar-refractivity contribution in [1.82, 2.24) is 0 Å². The first-order valence-electron chi connectivity index (χ1n) is 13.5. The lowest BCUT2D eigenvalue weighted by molar-refractivity contribution is -0.129. The minimum absolute atomic E-state index is 0.131. The van der Waals surface area contributed by atoms with Crippen molar-refractivity contribution in [3.63, 3.8) is 0 Å². The SMILES string of the molecule is O=C[C@H](OC(=O)c1ccccc1)[C@@H](OC(=O)c1ccccc1)[C@H](OC(=O)c1ccccc1)[C@@H](Br)COC(=O)c1ccccc1. The molecule has 9 nitrogen and oxygen atoms in total. The fraction of sp³-hybridized carbons (Fsp3) is 0.147. The second-order valence-corrected chi connectivity index (χ2v) is 10.5. The molecule has 0 aromatic heterocycles. The molecular formula is C34H27BrO9. The standard InChI is InChI=1S/C34H27BrO9/c35-27(22-41-31(37)23-13-5-1-6-14-23)29(43-33(39)25-17-9-3-10-18-25)30(44-34(40)26-19-11-4-12-20-26)28(21-36)42-32(38)24-15-7-2-8-16-24/h1-21,27-30H,22H2/t27-,28-,29+,30+/m0/s1. The van der Waals surface area contributed by atoms with Gasteiger partial charge < -0.3 is 18.9 Å². The minimum atomic E-state index is -1.73. The van der Waals surface area contributed by atoms with E-state index in [1.165, 1.54) is 36.4 Å². The molecule has 0 fully saturated rings. The van der Waals surface area contributed by atoms with E-state index in [1.807, 2.05) is 0 Å². The van der Waals surface area contributed by atoms with Crippen LogP contribution in [0.15, 0.2) is 121 Å². The third-order valence-electron chi connectivity index (χ3n) is 6.28. The summed E-state index contributed by atoms with van der Waals surface area (Å²) in [7, 11) is 0. The Kier molecular flexibility index (Phi) is 11.5. The third-order valence-corrected chi connectivity index (χ3v) is 7.06. The van der Waals surface area contributed by atoms with Gasteiger partial charge in [-0.2, -0.15) is 0 Å². The van der Waals surface area contributed by atoms with Gasteiger partial charge in [0.05, 0.1) is 27.1 Å². The van der Waals surface area contributed by atoms with Gasteiger partial charge in [-0.25, -0.2) is 19.2 Å². The van der Waals surface area contributed by atoms with Crippen LogP contribution in [-0.4, -0.2) is 59.9 Å². The molecule has 224 valence electrons. The molecule has 0 heterocycles. The van der Waals surface area contributed by atoms with Crippen LogP contribution in [0.4, 0.5) is 0 Å². The maximum Gasteiger partial charge on any atom is 0.338 e. The smallest absolute Gasteiger partial charge is 0.338 e. The lowest BCUT2D eigenvalue weighted by atomic mass is 10.0. The Morgan fingerprint density at radius 1 is 0.523 bits per heavy atom. The van der Waals surface area contributed by atoms with E-state index in [4.69, 9.17) is 18.9 Å². The summed E-state index contributed by atoms with van der Waals surface area (Å²) in [6, 6.07) is 32.0. The molecule has 0 radical (unpaired) electrons. The molecule has 0 unspecified atom stereocenters. The highest BCUT2D eigenvalue weighted by Crippen LogP contribution is 2.24. The van der Waals surface area contributed by atoms with Crippen molar-refractivity contribution in [2.75, 3.05) is 6.61 Å². The molecule has 4 aromatic carbocycles. The van der Waals surface area contributed by atoms with Crippen LogP contribution in [0.1, 0.15) is 41.4 Å². The van der Waals surface area contributed by atoms with Crippen LogP contribution in [0.5, 0.6) is 0 Å². The summed E-state index contributed by atoms with van der Waals surface area (Å²) in [4.78, 5) is 63.6. The van der Waals surface area contributed by atoms with Crippen LogP contribution in [0, 0.1) is 0 Å². The molecule has 0 spiro atoms. The van der Waals surface area contributed by atoms with E-state index in [1.54, 1.807) is 84.9 Å². The van der Waals surface area contributed by atoms with Gasteiger partial charge in [0, 0.05) is 0 Å². The third kappa shape index (κ3) is 8.71. The predicted octanol–water partition coefficient (Wildman–Crippen LogP) is 5.48. The van der Waals surface area contributed by atoms with Crippen LogP contribution < -0.4 is 0 Å². The molecule has 0 amide bonds. The van der Waals surface area contributed by atoms with Gasteiger partial charge in [-0.05, 0) is 48.5 Å². The van der Waals surface area contributed by atoms with E-state index in [2.05, 4.69) is 15.9 Å². The van der Waals surface area contributed by atoms with Crippen LogP contribution in [-0.2, 0) is 23.7 Å². The molecule has 0 saturated carbocycles. The van der Waals surface area contributed by atoms with E-state index in [-0.39, 0.29) is 35.1 Å². The topological polar surface area (TPSA) is 122 Å². The average Bonchev–Trinajstić information content (AvgIpc) is 3.08. The maximum atomic E-state index is 13.2. The van der Waals surface area contributed by atoms with Crippen LogP contribution in [0.3, 0.4) is 0 Å². The fourth-order valence-electron chi connectivity index (χ4n) is 4.05. The number of benzene rings is 4. The summed E-state index contributed by atoms with van der Waals surface area (Å²) in [5.41, 5.74) is 0.707. The molecule has 0 aliphatic heterocycles. The Morgan fingerprint density at radius 3 is 1.25 bits per heavy atom. The number of alkyl halides is 1. The zero-order valence-electron chi connectivity index (χ0n) is 23.2. The number of hydrogen-bond donors (Lipinski definition) is 0. The second kappa shape index (κ2) is 15.9. The Balaban J connectivity index is 1.68. The van der Waals surface area contributed by atoms with Gasteiger partial charge in [0.1, 0.15) is 6.61 Å². The van der Waals surface area contributed by atoms with Gasteiger partial charge >= 0.3 is 23.9 Å². The summed E-state index contributed by atoms with van der Waals surface area (Å²) >= 11 is 3.40. The van der Waals surface area contributed by atoms with Crippen molar-refractivity contribution in [3.05, 3.63) is 144 Å². The van der Waals surface area contributed by atoms with Crippen molar-refractivity contribution in [2.45, 2.75) is 23.1 Å². The first-order valence-corrected chi connectivity index (χ1v) is 14.4. The number of rotatable bonds is 13. The van der Waals surface area contributed by atoms with Crippen molar-refractivity contribution in [2.24, 2.45) is 0 Å². The fourth-order valence-corrected chi connectivity index (χ4v) is 4.59. The predicted molar refractivity (Wildman–Crippen MR) is 162 cm³/mol. The molecule has 44 heavy (non-hydrogen) atoms. The number of carbonyl (C=O) groups is 5. The number of carbonyl (C=O) groups excluding carboxylic acids is 5. The number of hydrogen-bond acceptors (Lipinski definition) is 9. The van der Waals surface area contributed by atoms with Gasteiger partial charge in [-0.1, -0.05) is 88.7 Å². The first kappa shape index (κ1) is 31.8. The molecule has 4 aromatic rings. The summed E-state index contributed by atoms with van der Waals surface area (Å²) in [6.45, 7) is -0.377. The highest BCUT2D eigenvalue weighted by molar-refractivity contribution is 9.09. The average molecular weight is 659 g/mol. The highest BCUT2D eigenvalue weighted by Gasteiger charge is 2.43. The van der Waals surface area contributed by atoms with Crippen LogP contribution in [0.25, 0.3) is 0 Å². The van der Waals surface area contributed by atoms with E-state index in [9.17, 15) is 24.0 Å². The number of aldehydes is 1. The Labute approximate surface area is 261 Å². The summed E-state index contributed by atoms with van der Waals surface area (Å²) < 4.78 is 22.5. The molecule has 10 heteroatoms. The van der Waals surface area contributed by atoms with E-state index < -0.39 is 47.0 Å². The molecule has 4 atom stereocenters. The summed E-state index contributed by atoms with van der Waals surface area (Å²) in [6.07, 6.45) is -4.60. The van der Waals surface area contributed by atoms with Gasteiger partial charge in [0.2, 0.25) is 0 Å². The lowest BCUT2D eigenvalue weighted by Crippen LogP contribution is -2.51. The Morgan fingerprint density at radius 2 is 0.864 bits per heavy atom. The van der Waals surface area contributed by atoms with Crippen molar-refractivity contribution < 1.29 is 42.9 Å². The molecule has 0 saturated heterocycles. The molecule has 0 bridgehead atoms. The van der Waals surface area contributed by atoms with Crippen LogP contribution >= 0.6 is 15.9 Å². The minimum Gasteiger partial charge on any atom is -0.461 e. The van der Waals surface area contributed by atoms with Gasteiger partial charge in [0.15, 0.2) is 24.6 Å².